The highest BCUT2D eigenvalue weighted by Gasteiger charge is 2.24. The van der Waals surface area contributed by atoms with Gasteiger partial charge in [-0.25, -0.2) is 0 Å². The molecule has 6 heteroatoms. The number of rotatable bonds is 3. The molecule has 2 N–H and O–H groups in total. The molecule has 1 aromatic rings. The van der Waals surface area contributed by atoms with E-state index in [4.69, 9.17) is 5.73 Å². The van der Waals surface area contributed by atoms with Crippen LogP contribution in [0.2, 0.25) is 0 Å². The normalized spacial score (nSPS) is 20.7. The van der Waals surface area contributed by atoms with Crippen LogP contribution in [-0.2, 0) is 0 Å². The molecular formula is C11H17Br2N3S. The van der Waals surface area contributed by atoms with Crippen molar-refractivity contribution in [3.63, 3.8) is 0 Å². The van der Waals surface area contributed by atoms with E-state index in [9.17, 15) is 0 Å². The van der Waals surface area contributed by atoms with Crippen LogP contribution in [0.4, 0.5) is 0 Å². The van der Waals surface area contributed by atoms with Crippen molar-refractivity contribution in [1.82, 2.24) is 9.80 Å². The number of likely N-dealkylation sites (N-methyl/N-ethyl adjacent to an activating group) is 1. The van der Waals surface area contributed by atoms with E-state index in [0.29, 0.717) is 12.6 Å². The topological polar surface area (TPSA) is 32.5 Å². The Bertz CT molecular complexity index is 355. The molecule has 1 atom stereocenters. The maximum Gasteiger partial charge on any atom is 0.0843 e. The molecule has 0 saturated carbocycles. The lowest BCUT2D eigenvalue weighted by molar-refractivity contribution is 0.116. The molecule has 96 valence electrons. The lowest BCUT2D eigenvalue weighted by Gasteiger charge is -2.37. The molecule has 1 saturated heterocycles. The molecule has 0 amide bonds. The van der Waals surface area contributed by atoms with Crippen LogP contribution in [0.1, 0.15) is 10.9 Å². The maximum absolute atomic E-state index is 5.95. The van der Waals surface area contributed by atoms with E-state index < -0.39 is 0 Å². The summed E-state index contributed by atoms with van der Waals surface area (Å²) in [5.74, 6) is 0. The summed E-state index contributed by atoms with van der Waals surface area (Å²) in [6.45, 7) is 5.15. The van der Waals surface area contributed by atoms with Crippen LogP contribution in [0.3, 0.4) is 0 Å². The zero-order valence-electron chi connectivity index (χ0n) is 9.83. The number of hydrogen-bond acceptors (Lipinski definition) is 4. The van der Waals surface area contributed by atoms with Gasteiger partial charge in [0.2, 0.25) is 0 Å². The van der Waals surface area contributed by atoms with E-state index in [1.165, 1.54) is 4.88 Å². The fourth-order valence-corrected chi connectivity index (χ4v) is 4.34. The quantitative estimate of drug-likeness (QED) is 0.871. The summed E-state index contributed by atoms with van der Waals surface area (Å²) in [7, 11) is 2.17. The summed E-state index contributed by atoms with van der Waals surface area (Å²) >= 11 is 8.87. The zero-order valence-corrected chi connectivity index (χ0v) is 13.8. The standard InChI is InChI=1S/C11H17Br2N3S/c1-15-2-4-16(5-3-15)9(7-14)10-6-8(12)11(13)17-10/h6,9H,2-5,7,14H2,1H3. The van der Waals surface area contributed by atoms with Crippen LogP contribution in [-0.4, -0.2) is 49.6 Å². The summed E-state index contributed by atoms with van der Waals surface area (Å²) < 4.78 is 2.28. The molecule has 1 unspecified atom stereocenters. The predicted octanol–water partition coefficient (Wildman–Crippen LogP) is 2.52. The van der Waals surface area contributed by atoms with Gasteiger partial charge < -0.3 is 10.6 Å². The molecule has 0 radical (unpaired) electrons. The van der Waals surface area contributed by atoms with Crippen molar-refractivity contribution in [1.29, 1.82) is 0 Å². The molecule has 1 aliphatic heterocycles. The molecule has 0 aliphatic carbocycles. The highest BCUT2D eigenvalue weighted by Crippen LogP contribution is 2.37. The number of halogens is 2. The molecule has 17 heavy (non-hydrogen) atoms. The van der Waals surface area contributed by atoms with Gasteiger partial charge in [-0.15, -0.1) is 11.3 Å². The Labute approximate surface area is 123 Å². The van der Waals surface area contributed by atoms with Gasteiger partial charge in [0.05, 0.1) is 9.83 Å². The average molecular weight is 383 g/mol. The van der Waals surface area contributed by atoms with E-state index >= 15 is 0 Å². The summed E-state index contributed by atoms with van der Waals surface area (Å²) in [6, 6.07) is 2.54. The number of nitrogens with two attached hydrogens (primary N) is 1. The minimum absolute atomic E-state index is 0.358. The van der Waals surface area contributed by atoms with Gasteiger partial charge >= 0.3 is 0 Å². The van der Waals surface area contributed by atoms with Crippen LogP contribution in [0.25, 0.3) is 0 Å². The summed E-state index contributed by atoms with van der Waals surface area (Å²) in [5.41, 5.74) is 5.95. The molecule has 1 aliphatic rings. The Kier molecular flexibility index (Phi) is 5.03. The molecule has 3 nitrogen and oxygen atoms in total. The van der Waals surface area contributed by atoms with Crippen molar-refractivity contribution < 1.29 is 0 Å². The Morgan fingerprint density at radius 2 is 2.00 bits per heavy atom. The van der Waals surface area contributed by atoms with Crippen molar-refractivity contribution >= 4 is 43.2 Å². The van der Waals surface area contributed by atoms with E-state index in [2.05, 4.69) is 54.8 Å². The summed E-state index contributed by atoms with van der Waals surface area (Å²) in [5, 5.41) is 0. The molecule has 1 aromatic heterocycles. The smallest absolute Gasteiger partial charge is 0.0843 e. The van der Waals surface area contributed by atoms with Crippen molar-refractivity contribution in [2.75, 3.05) is 39.8 Å². The van der Waals surface area contributed by atoms with E-state index in [1.807, 2.05) is 0 Å². The van der Waals surface area contributed by atoms with Gasteiger partial charge in [0.25, 0.3) is 0 Å². The summed E-state index contributed by atoms with van der Waals surface area (Å²) in [6.07, 6.45) is 0. The first-order chi connectivity index (χ1) is 8.11. The largest absolute Gasteiger partial charge is 0.329 e. The monoisotopic (exact) mass is 381 g/mol. The second-order valence-electron chi connectivity index (χ2n) is 4.36. The van der Waals surface area contributed by atoms with Gasteiger partial charge in [-0.3, -0.25) is 4.90 Å². The first-order valence-electron chi connectivity index (χ1n) is 5.69. The van der Waals surface area contributed by atoms with Gasteiger partial charge in [-0.05, 0) is 45.0 Å². The highest BCUT2D eigenvalue weighted by molar-refractivity contribution is 9.13. The Balaban J connectivity index is 2.10. The van der Waals surface area contributed by atoms with E-state index in [1.54, 1.807) is 11.3 Å². The van der Waals surface area contributed by atoms with Crippen LogP contribution in [0.15, 0.2) is 14.3 Å². The first kappa shape index (κ1) is 14.0. The van der Waals surface area contributed by atoms with Crippen molar-refractivity contribution in [2.45, 2.75) is 6.04 Å². The van der Waals surface area contributed by atoms with Crippen molar-refractivity contribution in [3.8, 4) is 0 Å². The Hall–Kier alpha value is 0.540. The SMILES string of the molecule is CN1CCN(C(CN)c2cc(Br)c(Br)s2)CC1. The number of nitrogens with zero attached hydrogens (tertiary/aromatic N) is 2. The lowest BCUT2D eigenvalue weighted by atomic mass is 10.2. The predicted molar refractivity (Wildman–Crippen MR) is 80.6 cm³/mol. The first-order valence-corrected chi connectivity index (χ1v) is 8.09. The fourth-order valence-electron chi connectivity index (χ4n) is 2.11. The van der Waals surface area contributed by atoms with Gasteiger partial charge in [0.1, 0.15) is 0 Å². The lowest BCUT2D eigenvalue weighted by Crippen LogP contribution is -2.47. The molecule has 2 rings (SSSR count). The van der Waals surface area contributed by atoms with Gasteiger partial charge in [0.15, 0.2) is 0 Å². The molecule has 2 heterocycles. The zero-order chi connectivity index (χ0) is 12.4. The van der Waals surface area contributed by atoms with E-state index in [0.717, 1.165) is 34.4 Å². The van der Waals surface area contributed by atoms with Crippen molar-refractivity contribution in [3.05, 3.63) is 19.2 Å². The molecule has 0 spiro atoms. The van der Waals surface area contributed by atoms with Crippen LogP contribution >= 0.6 is 43.2 Å². The number of thiophene rings is 1. The average Bonchev–Trinajstić information content (AvgIpc) is 2.63. The van der Waals surface area contributed by atoms with Gasteiger partial charge in [-0.2, -0.15) is 0 Å². The minimum Gasteiger partial charge on any atom is -0.329 e. The van der Waals surface area contributed by atoms with Crippen LogP contribution in [0.5, 0.6) is 0 Å². The second-order valence-corrected chi connectivity index (χ2v) is 7.62. The minimum atomic E-state index is 0.358. The van der Waals surface area contributed by atoms with Crippen molar-refractivity contribution in [2.24, 2.45) is 5.73 Å². The number of hydrogen-bond donors (Lipinski definition) is 1. The van der Waals surface area contributed by atoms with Gasteiger partial charge in [0, 0.05) is 42.1 Å². The van der Waals surface area contributed by atoms with Crippen LogP contribution in [0, 0.1) is 0 Å². The third-order valence-corrected chi connectivity index (χ3v) is 6.55. The molecule has 0 aromatic carbocycles. The third kappa shape index (κ3) is 3.30. The molecular weight excluding hydrogens is 366 g/mol. The van der Waals surface area contributed by atoms with E-state index in [-0.39, 0.29) is 0 Å². The molecule has 1 fully saturated rings. The maximum atomic E-state index is 5.95. The Morgan fingerprint density at radius 1 is 1.35 bits per heavy atom. The third-order valence-electron chi connectivity index (χ3n) is 3.19. The summed E-state index contributed by atoms with van der Waals surface area (Å²) in [4.78, 5) is 6.20. The highest BCUT2D eigenvalue weighted by atomic mass is 79.9. The molecule has 0 bridgehead atoms. The second kappa shape index (κ2) is 6.12. The number of piperazine rings is 1. The fraction of sp³-hybridized carbons (Fsp3) is 0.636. The van der Waals surface area contributed by atoms with Gasteiger partial charge in [-0.1, -0.05) is 0 Å². The Morgan fingerprint density at radius 3 is 2.47 bits per heavy atom. The van der Waals surface area contributed by atoms with Crippen LogP contribution < -0.4 is 5.73 Å².